The predicted octanol–water partition coefficient (Wildman–Crippen LogP) is 2.52. The maximum atomic E-state index is 8.61. The van der Waals surface area contributed by atoms with Crippen molar-refractivity contribution in [2.24, 2.45) is 5.92 Å². The fourth-order valence-corrected chi connectivity index (χ4v) is 0.802. The minimum absolute atomic E-state index is 0.295. The van der Waals surface area contributed by atoms with Crippen LogP contribution in [0.4, 0.5) is 0 Å². The first-order valence-electron chi connectivity index (χ1n) is 4.16. The summed E-state index contributed by atoms with van der Waals surface area (Å²) in [7, 11) is 0. The Balaban J connectivity index is 3.61. The number of aliphatic hydroxyl groups is 1. The Hall–Kier alpha value is -0.520. The summed E-state index contributed by atoms with van der Waals surface area (Å²) in [6.45, 7) is 6.50. The first-order valence-corrected chi connectivity index (χ1v) is 4.16. The molecule has 0 rings (SSSR count). The molecular weight excluding hydrogens is 136 g/mol. The van der Waals surface area contributed by atoms with Gasteiger partial charge in [0.1, 0.15) is 0 Å². The lowest BCUT2D eigenvalue weighted by molar-refractivity contribution is 0.263. The Morgan fingerprint density at radius 1 is 1.55 bits per heavy atom. The van der Waals surface area contributed by atoms with Gasteiger partial charge in [-0.3, -0.25) is 0 Å². The van der Waals surface area contributed by atoms with Crippen molar-refractivity contribution in [1.29, 1.82) is 0 Å². The summed E-state index contributed by atoms with van der Waals surface area (Å²) in [6.07, 6.45) is 3.96. The molecule has 0 radical (unpaired) electrons. The Morgan fingerprint density at radius 2 is 2.18 bits per heavy atom. The SMILES string of the molecule is CC(C)=C=CC[C@H](C)CCO. The fourth-order valence-electron chi connectivity index (χ4n) is 0.802. The van der Waals surface area contributed by atoms with Crippen molar-refractivity contribution >= 4 is 0 Å². The minimum atomic E-state index is 0.295. The predicted molar refractivity (Wildman–Crippen MR) is 48.4 cm³/mol. The van der Waals surface area contributed by atoms with E-state index in [-0.39, 0.29) is 0 Å². The molecule has 64 valence electrons. The zero-order chi connectivity index (χ0) is 8.69. The fraction of sp³-hybridized carbons (Fsp3) is 0.700. The number of aliphatic hydroxyl groups excluding tert-OH is 1. The van der Waals surface area contributed by atoms with E-state index in [9.17, 15) is 0 Å². The van der Waals surface area contributed by atoms with Crippen LogP contribution in [0.5, 0.6) is 0 Å². The van der Waals surface area contributed by atoms with Crippen LogP contribution in [-0.4, -0.2) is 11.7 Å². The van der Waals surface area contributed by atoms with E-state index in [1.54, 1.807) is 0 Å². The van der Waals surface area contributed by atoms with Crippen LogP contribution in [0.3, 0.4) is 0 Å². The molecule has 0 aromatic heterocycles. The topological polar surface area (TPSA) is 20.2 Å². The molecule has 0 bridgehead atoms. The van der Waals surface area contributed by atoms with Gasteiger partial charge < -0.3 is 5.11 Å². The monoisotopic (exact) mass is 154 g/mol. The molecule has 0 spiro atoms. The van der Waals surface area contributed by atoms with Gasteiger partial charge in [-0.2, -0.15) is 0 Å². The summed E-state index contributed by atoms with van der Waals surface area (Å²) in [5.41, 5.74) is 4.35. The molecule has 1 heteroatoms. The highest BCUT2D eigenvalue weighted by molar-refractivity contribution is 4.94. The highest BCUT2D eigenvalue weighted by Gasteiger charge is 1.96. The summed E-state index contributed by atoms with van der Waals surface area (Å²) in [5, 5.41) is 8.61. The molecule has 0 unspecified atom stereocenters. The summed E-state index contributed by atoms with van der Waals surface area (Å²) in [6, 6.07) is 0. The third kappa shape index (κ3) is 7.38. The van der Waals surface area contributed by atoms with Gasteiger partial charge in [0, 0.05) is 6.61 Å². The van der Waals surface area contributed by atoms with Gasteiger partial charge in [-0.15, -0.1) is 5.73 Å². The van der Waals surface area contributed by atoms with Crippen molar-refractivity contribution in [2.45, 2.75) is 33.6 Å². The Bertz CT molecular complexity index is 148. The van der Waals surface area contributed by atoms with Gasteiger partial charge in [0.15, 0.2) is 0 Å². The highest BCUT2D eigenvalue weighted by Crippen LogP contribution is 2.06. The second-order valence-corrected chi connectivity index (χ2v) is 3.20. The van der Waals surface area contributed by atoms with Crippen molar-refractivity contribution in [3.05, 3.63) is 17.4 Å². The summed E-state index contributed by atoms with van der Waals surface area (Å²) < 4.78 is 0. The molecule has 0 aromatic carbocycles. The molecule has 1 N–H and O–H groups in total. The lowest BCUT2D eigenvalue weighted by Crippen LogP contribution is -1.95. The Labute approximate surface area is 69.4 Å². The smallest absolute Gasteiger partial charge is 0.0433 e. The van der Waals surface area contributed by atoms with E-state index in [0.29, 0.717) is 12.5 Å². The molecule has 1 nitrogen and oxygen atoms in total. The number of hydrogen-bond donors (Lipinski definition) is 1. The van der Waals surface area contributed by atoms with Gasteiger partial charge in [-0.1, -0.05) is 6.92 Å². The van der Waals surface area contributed by atoms with Gasteiger partial charge in [-0.05, 0) is 44.3 Å². The minimum Gasteiger partial charge on any atom is -0.396 e. The van der Waals surface area contributed by atoms with E-state index in [4.69, 9.17) is 5.11 Å². The van der Waals surface area contributed by atoms with Gasteiger partial charge in [-0.25, -0.2) is 0 Å². The normalized spacial score (nSPS) is 12.0. The van der Waals surface area contributed by atoms with E-state index >= 15 is 0 Å². The zero-order valence-corrected chi connectivity index (χ0v) is 7.72. The molecule has 0 heterocycles. The third-order valence-corrected chi connectivity index (χ3v) is 1.53. The third-order valence-electron chi connectivity index (χ3n) is 1.53. The average molecular weight is 154 g/mol. The molecule has 0 aromatic rings. The molecule has 0 aliphatic carbocycles. The van der Waals surface area contributed by atoms with Crippen molar-refractivity contribution in [3.8, 4) is 0 Å². The van der Waals surface area contributed by atoms with Gasteiger partial charge in [0.25, 0.3) is 0 Å². The van der Waals surface area contributed by atoms with E-state index in [1.807, 2.05) is 13.8 Å². The van der Waals surface area contributed by atoms with Crippen LogP contribution < -0.4 is 0 Å². The second kappa shape index (κ2) is 6.21. The number of allylic oxidation sites excluding steroid dienone is 1. The molecule has 0 amide bonds. The van der Waals surface area contributed by atoms with E-state index in [2.05, 4.69) is 18.7 Å². The van der Waals surface area contributed by atoms with Crippen molar-refractivity contribution in [1.82, 2.24) is 0 Å². The number of rotatable bonds is 4. The molecule has 0 aliphatic rings. The van der Waals surface area contributed by atoms with Crippen LogP contribution in [-0.2, 0) is 0 Å². The van der Waals surface area contributed by atoms with Crippen LogP contribution in [0.1, 0.15) is 33.6 Å². The molecular formula is C10H18O. The largest absolute Gasteiger partial charge is 0.396 e. The van der Waals surface area contributed by atoms with Crippen LogP contribution in [0.25, 0.3) is 0 Å². The number of hydrogen-bond acceptors (Lipinski definition) is 1. The van der Waals surface area contributed by atoms with Crippen LogP contribution in [0, 0.1) is 5.92 Å². The lowest BCUT2D eigenvalue weighted by Gasteiger charge is -2.03. The maximum Gasteiger partial charge on any atom is 0.0433 e. The Morgan fingerprint density at radius 3 is 2.64 bits per heavy atom. The molecule has 0 saturated heterocycles. The van der Waals surface area contributed by atoms with Gasteiger partial charge in [0.05, 0.1) is 0 Å². The van der Waals surface area contributed by atoms with E-state index in [1.165, 1.54) is 5.57 Å². The van der Waals surface area contributed by atoms with Crippen LogP contribution in [0.15, 0.2) is 17.4 Å². The molecule has 11 heavy (non-hydrogen) atoms. The summed E-state index contributed by atoms with van der Waals surface area (Å²) in [4.78, 5) is 0. The first kappa shape index (κ1) is 10.5. The van der Waals surface area contributed by atoms with Crippen LogP contribution in [0.2, 0.25) is 0 Å². The lowest BCUT2D eigenvalue weighted by atomic mass is 10.0. The molecule has 1 atom stereocenters. The zero-order valence-electron chi connectivity index (χ0n) is 7.72. The summed E-state index contributed by atoms with van der Waals surface area (Å²) >= 11 is 0. The standard InChI is InChI=1S/C10H18O/c1-9(2)5-4-6-10(3)7-8-11/h4,10-11H,6-8H2,1-3H3/t10-/m0/s1. The maximum absolute atomic E-state index is 8.61. The second-order valence-electron chi connectivity index (χ2n) is 3.20. The molecule has 0 saturated carbocycles. The molecule has 0 fully saturated rings. The van der Waals surface area contributed by atoms with Crippen molar-refractivity contribution < 1.29 is 5.11 Å². The average Bonchev–Trinajstić information content (AvgIpc) is 1.87. The quantitative estimate of drug-likeness (QED) is 0.617. The van der Waals surface area contributed by atoms with Crippen molar-refractivity contribution in [3.63, 3.8) is 0 Å². The summed E-state index contributed by atoms with van der Waals surface area (Å²) in [5.74, 6) is 0.576. The van der Waals surface area contributed by atoms with Crippen molar-refractivity contribution in [2.75, 3.05) is 6.61 Å². The van der Waals surface area contributed by atoms with Crippen LogP contribution >= 0.6 is 0 Å². The Kier molecular flexibility index (Phi) is 5.91. The van der Waals surface area contributed by atoms with Gasteiger partial charge in [0.2, 0.25) is 0 Å². The van der Waals surface area contributed by atoms with Gasteiger partial charge >= 0.3 is 0 Å². The molecule has 0 aliphatic heterocycles. The van der Waals surface area contributed by atoms with E-state index < -0.39 is 0 Å². The van der Waals surface area contributed by atoms with E-state index in [0.717, 1.165) is 12.8 Å². The highest BCUT2D eigenvalue weighted by atomic mass is 16.2. The first-order chi connectivity index (χ1) is 5.16.